The highest BCUT2D eigenvalue weighted by Gasteiger charge is 2.00. The van der Waals surface area contributed by atoms with E-state index in [-0.39, 0.29) is 0 Å². The second-order valence-electron chi connectivity index (χ2n) is 4.68. The highest BCUT2D eigenvalue weighted by Crippen LogP contribution is 2.13. The maximum absolute atomic E-state index is 5.37. The van der Waals surface area contributed by atoms with Crippen molar-refractivity contribution < 1.29 is 4.84 Å². The van der Waals surface area contributed by atoms with Crippen molar-refractivity contribution in [2.24, 2.45) is 4.99 Å². The van der Waals surface area contributed by atoms with Gasteiger partial charge in [0.15, 0.2) is 5.49 Å². The highest BCUT2D eigenvalue weighted by atomic mass is 16.6. The molecule has 3 rings (SSSR count). The molecule has 0 saturated carbocycles. The third-order valence-electron chi connectivity index (χ3n) is 3.27. The van der Waals surface area contributed by atoms with Gasteiger partial charge in [-0.2, -0.15) is 4.73 Å². The van der Waals surface area contributed by atoms with Crippen LogP contribution in [0, 0.1) is 6.92 Å². The van der Waals surface area contributed by atoms with E-state index >= 15 is 0 Å². The molecule has 0 radical (unpaired) electrons. The Kier molecular flexibility index (Phi) is 3.25. The van der Waals surface area contributed by atoms with Gasteiger partial charge in [0.2, 0.25) is 0 Å². The number of fused-ring (bicyclic) bond motifs is 1. The predicted molar refractivity (Wildman–Crippen MR) is 80.8 cm³/mol. The van der Waals surface area contributed by atoms with Gasteiger partial charge in [0, 0.05) is 11.6 Å². The van der Waals surface area contributed by atoms with Gasteiger partial charge in [-0.25, -0.2) is 4.99 Å². The summed E-state index contributed by atoms with van der Waals surface area (Å²) in [5.74, 6) is 0. The van der Waals surface area contributed by atoms with Crippen molar-refractivity contribution in [2.75, 3.05) is 7.11 Å². The maximum atomic E-state index is 5.37. The molecule has 3 aromatic rings. The van der Waals surface area contributed by atoms with E-state index < -0.39 is 0 Å². The quantitative estimate of drug-likeness (QED) is 0.698. The molecule has 3 heteroatoms. The summed E-state index contributed by atoms with van der Waals surface area (Å²) in [6.07, 6.45) is 1.88. The molecule has 20 heavy (non-hydrogen) atoms. The number of aryl methyl sites for hydroxylation is 1. The van der Waals surface area contributed by atoms with Gasteiger partial charge < -0.3 is 4.84 Å². The van der Waals surface area contributed by atoms with Crippen LogP contribution in [0.4, 0.5) is 5.69 Å². The first-order chi connectivity index (χ1) is 9.78. The third kappa shape index (κ3) is 2.30. The minimum absolute atomic E-state index is 0.800. The zero-order chi connectivity index (χ0) is 13.9. The third-order valence-corrected chi connectivity index (χ3v) is 3.27. The molecule has 0 aliphatic heterocycles. The smallest absolute Gasteiger partial charge is 0.176 e. The SMILES string of the molecule is COn1ccc2ccccc2c1=Nc1ccc(C)cc1. The van der Waals surface area contributed by atoms with Crippen LogP contribution in [-0.4, -0.2) is 11.8 Å². The molecule has 1 aromatic heterocycles. The highest BCUT2D eigenvalue weighted by molar-refractivity contribution is 5.81. The van der Waals surface area contributed by atoms with E-state index in [4.69, 9.17) is 9.83 Å². The van der Waals surface area contributed by atoms with Gasteiger partial charge in [-0.15, -0.1) is 0 Å². The Balaban J connectivity index is 2.30. The van der Waals surface area contributed by atoms with E-state index in [9.17, 15) is 0 Å². The number of nitrogens with zero attached hydrogens (tertiary/aromatic N) is 2. The number of pyridine rings is 1. The monoisotopic (exact) mass is 264 g/mol. The minimum atomic E-state index is 0.800. The van der Waals surface area contributed by atoms with Crippen LogP contribution in [0.1, 0.15) is 5.56 Å². The van der Waals surface area contributed by atoms with Crippen molar-refractivity contribution >= 4 is 16.5 Å². The lowest BCUT2D eigenvalue weighted by atomic mass is 10.2. The molecule has 0 fully saturated rings. The Morgan fingerprint density at radius 1 is 0.950 bits per heavy atom. The van der Waals surface area contributed by atoms with Crippen LogP contribution in [0.3, 0.4) is 0 Å². The topological polar surface area (TPSA) is 26.5 Å². The Hall–Kier alpha value is -2.55. The first-order valence-corrected chi connectivity index (χ1v) is 6.54. The van der Waals surface area contributed by atoms with Crippen LogP contribution in [-0.2, 0) is 0 Å². The minimum Gasteiger partial charge on any atom is -0.416 e. The van der Waals surface area contributed by atoms with Gasteiger partial charge in [-0.05, 0) is 30.5 Å². The van der Waals surface area contributed by atoms with E-state index in [1.807, 2.05) is 36.5 Å². The normalized spacial score (nSPS) is 11.8. The fraction of sp³-hybridized carbons (Fsp3) is 0.118. The number of benzene rings is 2. The number of aromatic nitrogens is 1. The van der Waals surface area contributed by atoms with Crippen molar-refractivity contribution in [2.45, 2.75) is 6.92 Å². The standard InChI is InChI=1S/C17H16N2O/c1-13-7-9-15(10-8-13)18-17-16-6-4-3-5-14(16)11-12-19(17)20-2/h3-12H,1-2H3. The van der Waals surface area contributed by atoms with Crippen molar-refractivity contribution in [3.8, 4) is 0 Å². The lowest BCUT2D eigenvalue weighted by molar-refractivity contribution is 0.156. The van der Waals surface area contributed by atoms with Gasteiger partial charge in [0.1, 0.15) is 7.11 Å². The van der Waals surface area contributed by atoms with Gasteiger partial charge in [-0.1, -0.05) is 42.0 Å². The fourth-order valence-electron chi connectivity index (χ4n) is 2.18. The Bertz CT molecular complexity index is 801. The van der Waals surface area contributed by atoms with Gasteiger partial charge in [0.05, 0.1) is 5.69 Å². The number of hydrogen-bond acceptors (Lipinski definition) is 2. The van der Waals surface area contributed by atoms with Crippen molar-refractivity contribution in [1.82, 2.24) is 4.73 Å². The molecule has 2 aromatic carbocycles. The van der Waals surface area contributed by atoms with Crippen LogP contribution in [0.5, 0.6) is 0 Å². The van der Waals surface area contributed by atoms with E-state index in [0.717, 1.165) is 21.9 Å². The summed E-state index contributed by atoms with van der Waals surface area (Å²) < 4.78 is 1.68. The average Bonchev–Trinajstić information content (AvgIpc) is 2.50. The van der Waals surface area contributed by atoms with Crippen LogP contribution in [0.2, 0.25) is 0 Å². The van der Waals surface area contributed by atoms with Gasteiger partial charge in [0.25, 0.3) is 0 Å². The molecule has 3 nitrogen and oxygen atoms in total. The molecule has 0 aliphatic rings. The number of hydrogen-bond donors (Lipinski definition) is 0. The van der Waals surface area contributed by atoms with Gasteiger partial charge >= 0.3 is 0 Å². The Morgan fingerprint density at radius 3 is 2.45 bits per heavy atom. The molecule has 0 amide bonds. The van der Waals surface area contributed by atoms with E-state index in [1.165, 1.54) is 5.56 Å². The molecule has 0 bridgehead atoms. The molecule has 0 spiro atoms. The van der Waals surface area contributed by atoms with E-state index in [0.29, 0.717) is 0 Å². The maximum Gasteiger partial charge on any atom is 0.176 e. The first-order valence-electron chi connectivity index (χ1n) is 6.54. The average molecular weight is 264 g/mol. The first kappa shape index (κ1) is 12.5. The number of rotatable bonds is 2. The summed E-state index contributed by atoms with van der Waals surface area (Å²) in [5, 5.41) is 2.21. The lowest BCUT2D eigenvalue weighted by Gasteiger charge is -2.08. The summed E-state index contributed by atoms with van der Waals surface area (Å²) in [5.41, 5.74) is 2.94. The van der Waals surface area contributed by atoms with Crippen molar-refractivity contribution in [3.05, 3.63) is 71.8 Å². The van der Waals surface area contributed by atoms with Crippen molar-refractivity contribution in [1.29, 1.82) is 0 Å². The molecule has 0 saturated heterocycles. The van der Waals surface area contributed by atoms with Crippen molar-refractivity contribution in [3.63, 3.8) is 0 Å². The predicted octanol–water partition coefficient (Wildman–Crippen LogP) is 3.24. The molecule has 1 heterocycles. The summed E-state index contributed by atoms with van der Waals surface area (Å²) in [4.78, 5) is 10.1. The Morgan fingerprint density at radius 2 is 1.70 bits per heavy atom. The fourth-order valence-corrected chi connectivity index (χ4v) is 2.18. The molecule has 0 aliphatic carbocycles. The van der Waals surface area contributed by atoms with Crippen LogP contribution >= 0.6 is 0 Å². The molecule has 0 unspecified atom stereocenters. The van der Waals surface area contributed by atoms with Crippen LogP contribution in [0.25, 0.3) is 10.8 Å². The second kappa shape index (κ2) is 5.21. The lowest BCUT2D eigenvalue weighted by Crippen LogP contribution is -2.25. The molecule has 100 valence electrons. The largest absolute Gasteiger partial charge is 0.416 e. The summed E-state index contributed by atoms with van der Waals surface area (Å²) in [7, 11) is 1.64. The zero-order valence-corrected chi connectivity index (χ0v) is 11.6. The second-order valence-corrected chi connectivity index (χ2v) is 4.68. The Labute approximate surface area is 117 Å². The van der Waals surface area contributed by atoms with E-state index in [2.05, 4.69) is 31.2 Å². The van der Waals surface area contributed by atoms with Crippen LogP contribution in [0.15, 0.2) is 65.8 Å². The summed E-state index contributed by atoms with van der Waals surface area (Å²) in [6.45, 7) is 2.07. The van der Waals surface area contributed by atoms with E-state index in [1.54, 1.807) is 11.8 Å². The van der Waals surface area contributed by atoms with Crippen LogP contribution < -0.4 is 10.3 Å². The summed E-state index contributed by atoms with van der Waals surface area (Å²) in [6, 6.07) is 18.3. The summed E-state index contributed by atoms with van der Waals surface area (Å²) >= 11 is 0. The molecular weight excluding hydrogens is 248 g/mol. The zero-order valence-electron chi connectivity index (χ0n) is 11.6. The van der Waals surface area contributed by atoms with Gasteiger partial charge in [-0.3, -0.25) is 0 Å². The molecule has 0 N–H and O–H groups in total. The molecular formula is C17H16N2O. The molecule has 0 atom stereocenters.